The molecule has 2 aromatic carbocycles. The van der Waals surface area contributed by atoms with Gasteiger partial charge in [0.15, 0.2) is 0 Å². The Balaban J connectivity index is 0.00000113. The largest absolute Gasteiger partial charge is 0.388 e. The highest BCUT2D eigenvalue weighted by Gasteiger charge is 2.40. The van der Waals surface area contributed by atoms with E-state index in [0.717, 1.165) is 30.9 Å². The Morgan fingerprint density at radius 1 is 1.08 bits per heavy atom. The van der Waals surface area contributed by atoms with Crippen LogP contribution in [0.25, 0.3) is 0 Å². The Morgan fingerprint density at radius 3 is 2.56 bits per heavy atom. The molecular formula is C19H23Cl2N3O. The van der Waals surface area contributed by atoms with Gasteiger partial charge in [0.1, 0.15) is 6.04 Å². The van der Waals surface area contributed by atoms with E-state index in [-0.39, 0.29) is 36.8 Å². The fourth-order valence-electron chi connectivity index (χ4n) is 3.94. The number of amides is 1. The number of hydrogen-bond donors (Lipinski definition) is 2. The predicted molar refractivity (Wildman–Crippen MR) is 106 cm³/mol. The summed E-state index contributed by atoms with van der Waals surface area (Å²) in [6.45, 7) is 2.52. The van der Waals surface area contributed by atoms with Gasteiger partial charge in [0.2, 0.25) is 5.91 Å². The zero-order valence-electron chi connectivity index (χ0n) is 14.1. The van der Waals surface area contributed by atoms with Crippen LogP contribution >= 0.6 is 24.8 Å². The Morgan fingerprint density at radius 2 is 1.84 bits per heavy atom. The average Bonchev–Trinajstić information content (AvgIpc) is 2.61. The molecule has 0 aromatic heterocycles. The molecule has 1 amide bonds. The first-order valence-corrected chi connectivity index (χ1v) is 8.17. The van der Waals surface area contributed by atoms with Crippen LogP contribution in [0.5, 0.6) is 0 Å². The Bertz CT molecular complexity index is 739. The van der Waals surface area contributed by atoms with Gasteiger partial charge in [-0.3, -0.25) is 9.69 Å². The molecule has 0 aliphatic carbocycles. The van der Waals surface area contributed by atoms with E-state index in [1.165, 1.54) is 11.1 Å². The third-order valence-corrected chi connectivity index (χ3v) is 4.99. The van der Waals surface area contributed by atoms with Gasteiger partial charge in [0, 0.05) is 43.9 Å². The normalized spacial score (nSPS) is 21.7. The Kier molecular flexibility index (Phi) is 6.33. The molecule has 2 aliphatic heterocycles. The van der Waals surface area contributed by atoms with Crippen LogP contribution < -0.4 is 10.6 Å². The molecule has 2 atom stereocenters. The van der Waals surface area contributed by atoms with E-state index in [4.69, 9.17) is 0 Å². The third-order valence-electron chi connectivity index (χ3n) is 4.99. The molecule has 134 valence electrons. The number of piperazine rings is 1. The minimum atomic E-state index is -0.178. The monoisotopic (exact) mass is 379 g/mol. The molecule has 2 heterocycles. The summed E-state index contributed by atoms with van der Waals surface area (Å²) >= 11 is 0. The quantitative estimate of drug-likeness (QED) is 0.841. The van der Waals surface area contributed by atoms with Crippen LogP contribution in [-0.2, 0) is 4.79 Å². The van der Waals surface area contributed by atoms with Gasteiger partial charge in [0.05, 0.1) is 0 Å². The van der Waals surface area contributed by atoms with E-state index >= 15 is 0 Å². The van der Waals surface area contributed by atoms with Crippen molar-refractivity contribution >= 4 is 36.4 Å². The molecule has 25 heavy (non-hydrogen) atoms. The number of carbonyl (C=O) groups is 1. The zero-order valence-corrected chi connectivity index (χ0v) is 15.7. The van der Waals surface area contributed by atoms with Crippen molar-refractivity contribution in [1.29, 1.82) is 0 Å². The first kappa shape index (κ1) is 19.6. The number of nitrogens with one attached hydrogen (secondary N) is 2. The summed E-state index contributed by atoms with van der Waals surface area (Å²) in [6.07, 6.45) is 0. The fraction of sp³-hybridized carbons (Fsp3) is 0.316. The zero-order chi connectivity index (χ0) is 15.8. The summed E-state index contributed by atoms with van der Waals surface area (Å²) in [7, 11) is 1.92. The van der Waals surface area contributed by atoms with Crippen molar-refractivity contribution in [1.82, 2.24) is 10.2 Å². The van der Waals surface area contributed by atoms with E-state index in [2.05, 4.69) is 64.1 Å². The van der Waals surface area contributed by atoms with Crippen LogP contribution in [-0.4, -0.2) is 37.5 Å². The highest BCUT2D eigenvalue weighted by Crippen LogP contribution is 2.43. The second-order valence-electron chi connectivity index (χ2n) is 6.21. The number of anilines is 1. The molecule has 0 bridgehead atoms. The molecular weight excluding hydrogens is 357 g/mol. The molecule has 2 aliphatic rings. The smallest absolute Gasteiger partial charge is 0.242 e. The molecule has 6 heteroatoms. The molecule has 4 nitrogen and oxygen atoms in total. The number of halogens is 2. The summed E-state index contributed by atoms with van der Waals surface area (Å²) in [4.78, 5) is 14.8. The molecule has 2 aromatic rings. The minimum Gasteiger partial charge on any atom is -0.388 e. The van der Waals surface area contributed by atoms with Gasteiger partial charge in [-0.1, -0.05) is 42.5 Å². The van der Waals surface area contributed by atoms with Crippen LogP contribution in [0.4, 0.5) is 5.69 Å². The van der Waals surface area contributed by atoms with E-state index in [0.29, 0.717) is 5.92 Å². The van der Waals surface area contributed by atoms with Crippen molar-refractivity contribution in [2.24, 2.45) is 0 Å². The lowest BCUT2D eigenvalue weighted by Gasteiger charge is -2.44. The number of nitrogens with zero attached hydrogens (tertiary/aromatic N) is 1. The summed E-state index contributed by atoms with van der Waals surface area (Å²) < 4.78 is 0. The number of carbonyl (C=O) groups excluding carboxylic acids is 1. The lowest BCUT2D eigenvalue weighted by atomic mass is 9.79. The van der Waals surface area contributed by atoms with Crippen LogP contribution in [0.3, 0.4) is 0 Å². The second-order valence-corrected chi connectivity index (χ2v) is 6.21. The highest BCUT2D eigenvalue weighted by atomic mass is 35.5. The van der Waals surface area contributed by atoms with Gasteiger partial charge in [-0.05, 0) is 17.2 Å². The standard InChI is InChI=1S/C19H21N3O.2ClH/c1-20-16-9-5-8-14-15(13-6-3-2-4-7-13)12-22-11-10-21-19(23)18(22)17(14)16;;/h2-9,15,18,20H,10-12H2,1H3,(H,21,23);2*1H/t15-,18+;;/m0../s1. The maximum absolute atomic E-state index is 12.5. The van der Waals surface area contributed by atoms with E-state index in [1.54, 1.807) is 0 Å². The summed E-state index contributed by atoms with van der Waals surface area (Å²) in [6, 6.07) is 16.7. The average molecular weight is 380 g/mol. The van der Waals surface area contributed by atoms with Gasteiger partial charge in [-0.2, -0.15) is 0 Å². The third kappa shape index (κ3) is 3.34. The summed E-state index contributed by atoms with van der Waals surface area (Å²) in [5, 5.41) is 6.29. The first-order valence-electron chi connectivity index (χ1n) is 8.17. The predicted octanol–water partition coefficient (Wildman–Crippen LogP) is 3.19. The second kappa shape index (κ2) is 8.09. The van der Waals surface area contributed by atoms with Crippen molar-refractivity contribution in [3.63, 3.8) is 0 Å². The Hall–Kier alpha value is -1.75. The molecule has 1 fully saturated rings. The van der Waals surface area contributed by atoms with Gasteiger partial charge in [-0.15, -0.1) is 24.8 Å². The molecule has 2 N–H and O–H groups in total. The van der Waals surface area contributed by atoms with E-state index in [9.17, 15) is 4.79 Å². The van der Waals surface area contributed by atoms with E-state index in [1.807, 2.05) is 7.05 Å². The van der Waals surface area contributed by atoms with Crippen LogP contribution in [0.1, 0.15) is 28.7 Å². The maximum atomic E-state index is 12.5. The molecule has 4 rings (SSSR count). The number of rotatable bonds is 2. The molecule has 0 radical (unpaired) electrons. The Labute approximate surface area is 160 Å². The van der Waals surface area contributed by atoms with Crippen molar-refractivity contribution < 1.29 is 4.79 Å². The molecule has 0 saturated carbocycles. The van der Waals surface area contributed by atoms with Crippen LogP contribution in [0, 0.1) is 0 Å². The number of benzene rings is 2. The lowest BCUT2D eigenvalue weighted by molar-refractivity contribution is -0.129. The van der Waals surface area contributed by atoms with Crippen LogP contribution in [0.2, 0.25) is 0 Å². The SMILES string of the molecule is CNc1cccc2c1[C@@H]1C(=O)NCCN1C[C@H]2c1ccccc1.Cl.Cl. The van der Waals surface area contributed by atoms with E-state index < -0.39 is 0 Å². The summed E-state index contributed by atoms with van der Waals surface area (Å²) in [5.41, 5.74) is 4.76. The molecule has 1 saturated heterocycles. The summed E-state index contributed by atoms with van der Waals surface area (Å²) in [5.74, 6) is 0.424. The lowest BCUT2D eigenvalue weighted by Crippen LogP contribution is -2.53. The first-order chi connectivity index (χ1) is 11.3. The highest BCUT2D eigenvalue weighted by molar-refractivity contribution is 5.87. The minimum absolute atomic E-state index is 0. The maximum Gasteiger partial charge on any atom is 0.242 e. The topological polar surface area (TPSA) is 44.4 Å². The van der Waals surface area contributed by atoms with Crippen LogP contribution in [0.15, 0.2) is 48.5 Å². The fourth-order valence-corrected chi connectivity index (χ4v) is 3.94. The van der Waals surface area contributed by atoms with Gasteiger partial charge < -0.3 is 10.6 Å². The van der Waals surface area contributed by atoms with Crippen molar-refractivity contribution in [2.75, 3.05) is 32.0 Å². The van der Waals surface area contributed by atoms with Crippen molar-refractivity contribution in [3.8, 4) is 0 Å². The van der Waals surface area contributed by atoms with Gasteiger partial charge >= 0.3 is 0 Å². The number of fused-ring (bicyclic) bond motifs is 3. The molecule has 0 unspecified atom stereocenters. The van der Waals surface area contributed by atoms with Gasteiger partial charge in [0.25, 0.3) is 0 Å². The number of hydrogen-bond acceptors (Lipinski definition) is 3. The van der Waals surface area contributed by atoms with Crippen molar-refractivity contribution in [3.05, 3.63) is 65.2 Å². The van der Waals surface area contributed by atoms with Gasteiger partial charge in [-0.25, -0.2) is 0 Å². The van der Waals surface area contributed by atoms with Crippen molar-refractivity contribution in [2.45, 2.75) is 12.0 Å². The molecule has 0 spiro atoms.